The Bertz CT molecular complexity index is 466. The monoisotopic (exact) mass is 262 g/mol. The van der Waals surface area contributed by atoms with Crippen molar-refractivity contribution in [3.8, 4) is 0 Å². The zero-order valence-corrected chi connectivity index (χ0v) is 11.3. The van der Waals surface area contributed by atoms with Crippen molar-refractivity contribution in [2.75, 3.05) is 45.9 Å². The van der Waals surface area contributed by atoms with Crippen molar-refractivity contribution in [3.05, 3.63) is 22.4 Å². The van der Waals surface area contributed by atoms with Gasteiger partial charge in [0.15, 0.2) is 0 Å². The topological polar surface area (TPSA) is 19.0 Å². The van der Waals surface area contributed by atoms with E-state index in [0.717, 1.165) is 12.5 Å². The van der Waals surface area contributed by atoms with Gasteiger partial charge in [-0.1, -0.05) is 6.07 Å². The highest BCUT2D eigenvalue weighted by Crippen LogP contribution is 2.58. The fourth-order valence-electron chi connectivity index (χ4n) is 4.71. The summed E-state index contributed by atoms with van der Waals surface area (Å²) in [6, 6.07) is 4.54. The summed E-state index contributed by atoms with van der Waals surface area (Å²) in [4.78, 5) is 6.93. The predicted octanol–water partition coefficient (Wildman–Crippen LogP) is 1.02. The SMILES string of the molecule is c1csc(C23CN4CCN(CC(C4)C24CO4)C3)c1. The number of fused-ring (bicyclic) bond motifs is 1. The summed E-state index contributed by atoms with van der Waals surface area (Å²) in [5.74, 6) is 0.726. The van der Waals surface area contributed by atoms with Crippen molar-refractivity contribution in [1.29, 1.82) is 0 Å². The van der Waals surface area contributed by atoms with E-state index >= 15 is 0 Å². The van der Waals surface area contributed by atoms with Gasteiger partial charge in [-0.3, -0.25) is 0 Å². The minimum atomic E-state index is 0.190. The number of hydrogen-bond donors (Lipinski definition) is 0. The van der Waals surface area contributed by atoms with Gasteiger partial charge in [0.05, 0.1) is 12.0 Å². The Kier molecular flexibility index (Phi) is 1.83. The van der Waals surface area contributed by atoms with Gasteiger partial charge in [-0.2, -0.15) is 0 Å². The van der Waals surface area contributed by atoms with Crippen molar-refractivity contribution in [1.82, 2.24) is 9.80 Å². The van der Waals surface area contributed by atoms with Crippen LogP contribution in [0.1, 0.15) is 4.88 Å². The Hall–Kier alpha value is -0.420. The van der Waals surface area contributed by atoms with Gasteiger partial charge in [0.1, 0.15) is 5.60 Å². The summed E-state index contributed by atoms with van der Waals surface area (Å²) in [6.45, 7) is 8.42. The maximum atomic E-state index is 6.11. The average molecular weight is 262 g/mol. The Morgan fingerprint density at radius 3 is 2.50 bits per heavy atom. The smallest absolute Gasteiger partial charge is 0.110 e. The molecule has 0 N–H and O–H groups in total. The highest BCUT2D eigenvalue weighted by molar-refractivity contribution is 7.10. The van der Waals surface area contributed by atoms with E-state index in [4.69, 9.17) is 4.74 Å². The molecule has 0 saturated carbocycles. The van der Waals surface area contributed by atoms with Gasteiger partial charge in [0, 0.05) is 50.1 Å². The van der Waals surface area contributed by atoms with Crippen molar-refractivity contribution in [2.45, 2.75) is 11.0 Å². The molecule has 5 saturated heterocycles. The fraction of sp³-hybridized carbons (Fsp3) is 0.714. The second-order valence-corrected chi connectivity index (χ2v) is 7.35. The van der Waals surface area contributed by atoms with Crippen molar-refractivity contribution >= 4 is 11.3 Å². The molecule has 6 rings (SSSR count). The van der Waals surface area contributed by atoms with E-state index in [9.17, 15) is 0 Å². The maximum Gasteiger partial charge on any atom is 0.110 e. The van der Waals surface area contributed by atoms with Gasteiger partial charge in [-0.05, 0) is 11.4 Å². The Balaban J connectivity index is 1.71. The number of nitrogens with zero attached hydrogens (tertiary/aromatic N) is 2. The van der Waals surface area contributed by atoms with Gasteiger partial charge < -0.3 is 14.5 Å². The normalized spacial score (nSPS) is 52.8. The van der Waals surface area contributed by atoms with Crippen LogP contribution >= 0.6 is 11.3 Å². The van der Waals surface area contributed by atoms with Crippen LogP contribution in [0.5, 0.6) is 0 Å². The lowest BCUT2D eigenvalue weighted by Gasteiger charge is -2.54. The Morgan fingerprint density at radius 2 is 1.94 bits per heavy atom. The molecule has 5 aliphatic heterocycles. The molecule has 3 atom stereocenters. The van der Waals surface area contributed by atoms with E-state index in [1.807, 2.05) is 11.3 Å². The minimum Gasteiger partial charge on any atom is -0.368 e. The summed E-state index contributed by atoms with van der Waals surface area (Å²) >= 11 is 1.93. The van der Waals surface area contributed by atoms with E-state index in [0.29, 0.717) is 0 Å². The van der Waals surface area contributed by atoms with Crippen molar-refractivity contribution < 1.29 is 4.74 Å². The molecule has 0 aromatic carbocycles. The number of thiophene rings is 1. The molecule has 6 heterocycles. The first-order chi connectivity index (χ1) is 8.82. The van der Waals surface area contributed by atoms with Crippen LogP contribution in [-0.4, -0.2) is 61.3 Å². The maximum absolute atomic E-state index is 6.11. The molecule has 5 aliphatic rings. The summed E-state index contributed by atoms with van der Waals surface area (Å²) in [6.07, 6.45) is 0. The molecular weight excluding hydrogens is 244 g/mol. The molecule has 5 fully saturated rings. The van der Waals surface area contributed by atoms with Gasteiger partial charge in [0.25, 0.3) is 0 Å². The van der Waals surface area contributed by atoms with E-state index in [2.05, 4.69) is 27.3 Å². The molecule has 4 bridgehead atoms. The van der Waals surface area contributed by atoms with Crippen LogP contribution in [0.3, 0.4) is 0 Å². The Labute approximate surface area is 111 Å². The lowest BCUT2D eigenvalue weighted by molar-refractivity contribution is -0.0292. The number of rotatable bonds is 1. The van der Waals surface area contributed by atoms with E-state index in [-0.39, 0.29) is 11.0 Å². The third-order valence-corrected chi connectivity index (χ3v) is 6.67. The second kappa shape index (κ2) is 3.18. The van der Waals surface area contributed by atoms with Crippen LogP contribution in [0.4, 0.5) is 0 Å². The highest BCUT2D eigenvalue weighted by Gasteiger charge is 2.72. The zero-order chi connectivity index (χ0) is 11.8. The van der Waals surface area contributed by atoms with Gasteiger partial charge >= 0.3 is 0 Å². The molecule has 0 aliphatic carbocycles. The molecular formula is C14H18N2OS. The van der Waals surface area contributed by atoms with E-state index in [1.54, 1.807) is 4.88 Å². The van der Waals surface area contributed by atoms with Crippen LogP contribution in [-0.2, 0) is 10.2 Å². The number of piperidine rings is 2. The zero-order valence-electron chi connectivity index (χ0n) is 10.5. The van der Waals surface area contributed by atoms with E-state index in [1.165, 1.54) is 39.3 Å². The summed E-state index contributed by atoms with van der Waals surface area (Å²) in [5.41, 5.74) is 0.452. The first kappa shape index (κ1) is 10.4. The van der Waals surface area contributed by atoms with Gasteiger partial charge in [-0.15, -0.1) is 11.3 Å². The number of hydrogen-bond acceptors (Lipinski definition) is 4. The molecule has 18 heavy (non-hydrogen) atoms. The van der Waals surface area contributed by atoms with Crippen LogP contribution in [0.25, 0.3) is 0 Å². The molecule has 0 amide bonds. The Morgan fingerprint density at radius 1 is 1.22 bits per heavy atom. The minimum absolute atomic E-state index is 0.190. The quantitative estimate of drug-likeness (QED) is 0.704. The lowest BCUT2D eigenvalue weighted by Crippen LogP contribution is -2.68. The first-order valence-electron chi connectivity index (χ1n) is 6.95. The molecule has 4 heteroatoms. The summed E-state index contributed by atoms with van der Waals surface area (Å²) in [5, 5.41) is 2.23. The lowest BCUT2D eigenvalue weighted by atomic mass is 9.62. The highest BCUT2D eigenvalue weighted by atomic mass is 32.1. The number of epoxide rings is 1. The summed E-state index contributed by atoms with van der Waals surface area (Å²) < 4.78 is 6.11. The van der Waals surface area contributed by atoms with Crippen LogP contribution < -0.4 is 0 Å². The molecule has 3 unspecified atom stereocenters. The fourth-order valence-corrected chi connectivity index (χ4v) is 5.69. The van der Waals surface area contributed by atoms with Gasteiger partial charge in [-0.25, -0.2) is 0 Å². The molecule has 3 nitrogen and oxygen atoms in total. The second-order valence-electron chi connectivity index (χ2n) is 6.40. The van der Waals surface area contributed by atoms with Crippen molar-refractivity contribution in [3.63, 3.8) is 0 Å². The van der Waals surface area contributed by atoms with Crippen LogP contribution in [0.2, 0.25) is 0 Å². The first-order valence-corrected chi connectivity index (χ1v) is 7.83. The van der Waals surface area contributed by atoms with Crippen molar-refractivity contribution in [2.24, 2.45) is 5.92 Å². The van der Waals surface area contributed by atoms with E-state index < -0.39 is 0 Å². The number of ether oxygens (including phenoxy) is 1. The largest absolute Gasteiger partial charge is 0.368 e. The average Bonchev–Trinajstić information content (AvgIpc) is 3.00. The third kappa shape index (κ3) is 1.07. The predicted molar refractivity (Wildman–Crippen MR) is 71.1 cm³/mol. The summed E-state index contributed by atoms with van der Waals surface area (Å²) in [7, 11) is 0. The molecule has 1 aromatic rings. The standard InChI is InChI=1S/C14H18N2OS/c1-2-12(18-5-1)13-8-15-3-4-16(9-13)7-11(6-15)14(13)10-17-14/h1-2,5,11H,3-4,6-10H2. The van der Waals surface area contributed by atoms with Crippen LogP contribution in [0, 0.1) is 5.92 Å². The van der Waals surface area contributed by atoms with Crippen LogP contribution in [0.15, 0.2) is 17.5 Å². The molecule has 96 valence electrons. The molecule has 0 radical (unpaired) electrons. The molecule has 1 aromatic heterocycles. The molecule has 1 spiro atoms. The van der Waals surface area contributed by atoms with Gasteiger partial charge in [0.2, 0.25) is 0 Å². The third-order valence-electron chi connectivity index (χ3n) is 5.59.